The first-order chi connectivity index (χ1) is 10.9. The molecular weight excluding hydrogens is 322 g/mol. The first-order valence-corrected chi connectivity index (χ1v) is 7.32. The molecule has 0 radical (unpaired) electrons. The van der Waals surface area contributed by atoms with Crippen molar-refractivity contribution in [2.75, 3.05) is 32.5 Å². The number of aromatic nitrogens is 1. The van der Waals surface area contributed by atoms with Crippen molar-refractivity contribution in [2.24, 2.45) is 0 Å². The van der Waals surface area contributed by atoms with Crippen LogP contribution in [0.15, 0.2) is 28.8 Å². The van der Waals surface area contributed by atoms with Crippen LogP contribution < -0.4 is 5.32 Å². The number of rotatable bonds is 7. The highest BCUT2D eigenvalue weighted by atomic mass is 35.5. The Labute approximate surface area is 138 Å². The second kappa shape index (κ2) is 7.45. The van der Waals surface area contributed by atoms with E-state index in [2.05, 4.69) is 10.5 Å². The molecule has 8 heteroatoms. The molecule has 0 aliphatic carbocycles. The van der Waals surface area contributed by atoms with Gasteiger partial charge in [-0.15, -0.1) is 0 Å². The van der Waals surface area contributed by atoms with Crippen LogP contribution in [0, 0.1) is 0 Å². The van der Waals surface area contributed by atoms with E-state index in [1.165, 1.54) is 0 Å². The number of nitrogens with one attached hydrogen (secondary N) is 1. The number of halogens is 1. The Balaban J connectivity index is 2.21. The lowest BCUT2D eigenvalue weighted by atomic mass is 10.1. The van der Waals surface area contributed by atoms with E-state index in [1.807, 2.05) is 19.0 Å². The summed E-state index contributed by atoms with van der Waals surface area (Å²) in [4.78, 5) is 13.4. The van der Waals surface area contributed by atoms with Crippen LogP contribution in [0.25, 0.3) is 11.3 Å². The van der Waals surface area contributed by atoms with E-state index in [4.69, 9.17) is 16.1 Å². The highest BCUT2D eigenvalue weighted by molar-refractivity contribution is 6.30. The Morgan fingerprint density at radius 2 is 2.04 bits per heavy atom. The predicted molar refractivity (Wildman–Crippen MR) is 87.0 cm³/mol. The second-order valence-electron chi connectivity index (χ2n) is 5.34. The molecule has 1 aromatic heterocycles. The number of aliphatic hydroxyl groups excluding tert-OH is 1. The first-order valence-electron chi connectivity index (χ1n) is 6.94. The zero-order valence-corrected chi connectivity index (χ0v) is 13.5. The normalized spacial score (nSPS) is 12.4. The molecule has 0 fully saturated rings. The number of benzene rings is 1. The summed E-state index contributed by atoms with van der Waals surface area (Å²) in [6, 6.07) is 6.58. The summed E-state index contributed by atoms with van der Waals surface area (Å²) in [5.41, 5.74) is 0.477. The monoisotopic (exact) mass is 339 g/mol. The molecule has 0 saturated carbocycles. The number of carbonyl (C=O) groups is 1. The molecule has 0 aliphatic rings. The summed E-state index contributed by atoms with van der Waals surface area (Å²) < 4.78 is 5.17. The molecule has 2 aromatic rings. The lowest BCUT2D eigenvalue weighted by Crippen LogP contribution is -2.31. The van der Waals surface area contributed by atoms with Crippen LogP contribution in [0.4, 0.5) is 5.82 Å². The van der Waals surface area contributed by atoms with Crippen LogP contribution in [-0.2, 0) is 0 Å². The Morgan fingerprint density at radius 3 is 2.61 bits per heavy atom. The van der Waals surface area contributed by atoms with Crippen molar-refractivity contribution in [1.29, 1.82) is 0 Å². The lowest BCUT2D eigenvalue weighted by molar-refractivity contribution is 0.0698. The average Bonchev–Trinajstić information content (AvgIpc) is 2.89. The third kappa shape index (κ3) is 4.44. The van der Waals surface area contributed by atoms with Gasteiger partial charge in [0.15, 0.2) is 17.1 Å². The molecule has 0 saturated heterocycles. The number of hydrogen-bond donors (Lipinski definition) is 3. The van der Waals surface area contributed by atoms with E-state index in [9.17, 15) is 15.0 Å². The van der Waals surface area contributed by atoms with Gasteiger partial charge in [-0.05, 0) is 38.4 Å². The van der Waals surface area contributed by atoms with E-state index in [0.717, 1.165) is 0 Å². The van der Waals surface area contributed by atoms with E-state index >= 15 is 0 Å². The summed E-state index contributed by atoms with van der Waals surface area (Å²) in [7, 11) is 3.67. The molecule has 2 rings (SSSR count). The van der Waals surface area contributed by atoms with Crippen LogP contribution >= 0.6 is 11.6 Å². The van der Waals surface area contributed by atoms with Gasteiger partial charge in [0.05, 0.1) is 6.10 Å². The highest BCUT2D eigenvalue weighted by Gasteiger charge is 2.24. The second-order valence-corrected chi connectivity index (χ2v) is 5.78. The van der Waals surface area contributed by atoms with Crippen molar-refractivity contribution >= 4 is 23.4 Å². The van der Waals surface area contributed by atoms with E-state index < -0.39 is 12.1 Å². The van der Waals surface area contributed by atoms with Gasteiger partial charge in [0, 0.05) is 23.7 Å². The van der Waals surface area contributed by atoms with Crippen molar-refractivity contribution in [3.63, 3.8) is 0 Å². The molecule has 23 heavy (non-hydrogen) atoms. The van der Waals surface area contributed by atoms with Crippen LogP contribution in [0.2, 0.25) is 5.02 Å². The molecule has 0 aliphatic heterocycles. The Hall–Kier alpha value is -2.09. The zero-order chi connectivity index (χ0) is 17.0. The van der Waals surface area contributed by atoms with E-state index in [0.29, 0.717) is 17.1 Å². The van der Waals surface area contributed by atoms with Gasteiger partial charge in [-0.2, -0.15) is 0 Å². The highest BCUT2D eigenvalue weighted by Crippen LogP contribution is 2.30. The number of hydrogen-bond acceptors (Lipinski definition) is 6. The topological polar surface area (TPSA) is 98.8 Å². The van der Waals surface area contributed by atoms with Gasteiger partial charge in [0.1, 0.15) is 0 Å². The van der Waals surface area contributed by atoms with Gasteiger partial charge in [-0.25, -0.2) is 4.79 Å². The molecular formula is C15H18ClN3O4. The number of likely N-dealkylation sites (N-methyl/N-ethyl adjacent to an activating group) is 1. The molecule has 0 bridgehead atoms. The first kappa shape index (κ1) is 17.3. The fraction of sp³-hybridized carbons (Fsp3) is 0.333. The van der Waals surface area contributed by atoms with Crippen molar-refractivity contribution < 1.29 is 19.5 Å². The summed E-state index contributed by atoms with van der Waals surface area (Å²) >= 11 is 5.83. The van der Waals surface area contributed by atoms with Crippen molar-refractivity contribution in [3.05, 3.63) is 34.9 Å². The largest absolute Gasteiger partial charge is 0.477 e. The molecule has 1 aromatic carbocycles. The molecule has 0 amide bonds. The van der Waals surface area contributed by atoms with Crippen LogP contribution in [0.5, 0.6) is 0 Å². The van der Waals surface area contributed by atoms with Gasteiger partial charge < -0.3 is 25.0 Å². The number of carboxylic acid groups (broad SMARTS) is 1. The number of anilines is 1. The minimum Gasteiger partial charge on any atom is -0.477 e. The van der Waals surface area contributed by atoms with Crippen LogP contribution in [0.1, 0.15) is 10.4 Å². The van der Waals surface area contributed by atoms with Crippen LogP contribution in [-0.4, -0.2) is 59.5 Å². The third-order valence-electron chi connectivity index (χ3n) is 3.09. The minimum atomic E-state index is -1.17. The SMILES string of the molecule is CN(C)CC(O)CNc1noc(-c2ccc(Cl)cc2)c1C(=O)O. The van der Waals surface area contributed by atoms with Gasteiger partial charge in [0.2, 0.25) is 0 Å². The van der Waals surface area contributed by atoms with Crippen molar-refractivity contribution in [1.82, 2.24) is 10.1 Å². The minimum absolute atomic E-state index is 0.0793. The predicted octanol–water partition coefficient (Wildman–Crippen LogP) is 2.03. The summed E-state index contributed by atoms with van der Waals surface area (Å²) in [5.74, 6) is -0.945. The van der Waals surface area contributed by atoms with Crippen molar-refractivity contribution in [3.8, 4) is 11.3 Å². The molecule has 1 unspecified atom stereocenters. The number of nitrogens with zero attached hydrogens (tertiary/aromatic N) is 2. The van der Waals surface area contributed by atoms with E-state index in [1.54, 1.807) is 24.3 Å². The average molecular weight is 340 g/mol. The van der Waals surface area contributed by atoms with Gasteiger partial charge >= 0.3 is 5.97 Å². The van der Waals surface area contributed by atoms with Crippen LogP contribution in [0.3, 0.4) is 0 Å². The summed E-state index contributed by atoms with van der Waals surface area (Å²) in [6.07, 6.45) is -0.665. The standard InChI is InChI=1S/C15H18ClN3O4/c1-19(2)8-11(20)7-17-14-12(15(21)22)13(23-18-14)9-3-5-10(16)6-4-9/h3-6,11,20H,7-8H2,1-2H3,(H,17,18)(H,21,22). The lowest BCUT2D eigenvalue weighted by Gasteiger charge is -2.16. The maximum atomic E-state index is 11.5. The molecule has 1 heterocycles. The van der Waals surface area contributed by atoms with Gasteiger partial charge in [0.25, 0.3) is 0 Å². The zero-order valence-electron chi connectivity index (χ0n) is 12.8. The Morgan fingerprint density at radius 1 is 1.39 bits per heavy atom. The molecule has 7 nitrogen and oxygen atoms in total. The maximum absolute atomic E-state index is 11.5. The van der Waals surface area contributed by atoms with Gasteiger partial charge in [-0.3, -0.25) is 0 Å². The summed E-state index contributed by atoms with van der Waals surface area (Å²) in [5, 5.41) is 26.4. The van der Waals surface area contributed by atoms with Crippen molar-refractivity contribution in [2.45, 2.75) is 6.10 Å². The van der Waals surface area contributed by atoms with Gasteiger partial charge in [-0.1, -0.05) is 16.8 Å². The number of carboxylic acids is 1. The smallest absolute Gasteiger partial charge is 0.343 e. The maximum Gasteiger partial charge on any atom is 0.343 e. The Kier molecular flexibility index (Phi) is 5.59. The molecule has 124 valence electrons. The third-order valence-corrected chi connectivity index (χ3v) is 3.35. The number of aliphatic hydroxyl groups is 1. The molecule has 1 atom stereocenters. The fourth-order valence-electron chi connectivity index (χ4n) is 2.11. The molecule has 0 spiro atoms. The molecule has 3 N–H and O–H groups in total. The quantitative estimate of drug-likeness (QED) is 0.709. The van der Waals surface area contributed by atoms with E-state index in [-0.39, 0.29) is 23.7 Å². The number of aromatic carboxylic acids is 1. The Bertz CT molecular complexity index is 670. The fourth-order valence-corrected chi connectivity index (χ4v) is 2.23. The summed E-state index contributed by atoms with van der Waals surface area (Å²) in [6.45, 7) is 0.600.